The van der Waals surface area contributed by atoms with Crippen molar-refractivity contribution < 1.29 is 4.92 Å². The number of hydrogen-bond donors (Lipinski definition) is 2. The molecular weight excluding hydrogens is 298 g/mol. The van der Waals surface area contributed by atoms with Gasteiger partial charge in [0, 0.05) is 25.2 Å². The van der Waals surface area contributed by atoms with Gasteiger partial charge in [-0.15, -0.1) is 0 Å². The molecule has 0 amide bonds. The zero-order valence-corrected chi connectivity index (χ0v) is 12.1. The molecule has 0 spiro atoms. The second kappa shape index (κ2) is 4.90. The summed E-state index contributed by atoms with van der Waals surface area (Å²) in [6.45, 7) is 1.30. The summed E-state index contributed by atoms with van der Waals surface area (Å²) in [4.78, 5) is 28.1. The van der Waals surface area contributed by atoms with Crippen LogP contribution in [-0.4, -0.2) is 31.4 Å². The lowest BCUT2D eigenvalue weighted by atomic mass is 9.99. The molecule has 0 radical (unpaired) electrons. The van der Waals surface area contributed by atoms with Crippen molar-refractivity contribution in [2.75, 3.05) is 17.2 Å². The molecule has 1 aromatic carbocycles. The van der Waals surface area contributed by atoms with E-state index in [4.69, 9.17) is 5.73 Å². The summed E-state index contributed by atoms with van der Waals surface area (Å²) in [5.74, 6) is 0.992. The zero-order valence-electron chi connectivity index (χ0n) is 12.1. The average Bonchev–Trinajstić information content (AvgIpc) is 2.93. The highest BCUT2D eigenvalue weighted by Gasteiger charge is 2.22. The molecular formula is C14H13N7O2. The molecule has 23 heavy (non-hydrogen) atoms. The predicted octanol–water partition coefficient (Wildman–Crippen LogP) is 1.41. The van der Waals surface area contributed by atoms with Gasteiger partial charge in [-0.25, -0.2) is 9.97 Å². The third kappa shape index (κ3) is 2.22. The summed E-state index contributed by atoms with van der Waals surface area (Å²) in [6, 6.07) is 5.00. The van der Waals surface area contributed by atoms with Crippen molar-refractivity contribution in [1.82, 2.24) is 19.9 Å². The van der Waals surface area contributed by atoms with Crippen molar-refractivity contribution >= 4 is 28.6 Å². The maximum absolute atomic E-state index is 11.0. The minimum Gasteiger partial charge on any atom is -0.369 e. The fourth-order valence-electron chi connectivity index (χ4n) is 2.91. The minimum atomic E-state index is -0.377. The molecule has 1 aliphatic heterocycles. The number of aromatic amines is 1. The van der Waals surface area contributed by atoms with Crippen LogP contribution in [0.1, 0.15) is 11.1 Å². The highest BCUT2D eigenvalue weighted by molar-refractivity contribution is 5.84. The molecule has 3 aromatic rings. The molecule has 0 saturated heterocycles. The molecule has 1 aliphatic rings. The molecule has 2 aromatic heterocycles. The number of nitro groups is 1. The third-order valence-corrected chi connectivity index (χ3v) is 4.00. The Morgan fingerprint density at radius 1 is 1.30 bits per heavy atom. The number of aromatic nitrogens is 4. The van der Waals surface area contributed by atoms with Crippen LogP contribution in [0.4, 0.5) is 17.5 Å². The number of non-ortho nitro benzene ring substituents is 1. The lowest BCUT2D eigenvalue weighted by Crippen LogP contribution is -2.31. The predicted molar refractivity (Wildman–Crippen MR) is 83.9 cm³/mol. The number of nitrogen functional groups attached to an aromatic ring is 1. The number of benzene rings is 1. The molecule has 0 fully saturated rings. The Balaban J connectivity index is 1.74. The summed E-state index contributed by atoms with van der Waals surface area (Å²) in [5.41, 5.74) is 9.04. The molecule has 3 heterocycles. The normalized spacial score (nSPS) is 14.0. The first-order valence-corrected chi connectivity index (χ1v) is 7.09. The Hall–Kier alpha value is -3.23. The maximum atomic E-state index is 11.0. The lowest BCUT2D eigenvalue weighted by molar-refractivity contribution is -0.384. The summed E-state index contributed by atoms with van der Waals surface area (Å²) >= 11 is 0. The molecule has 116 valence electrons. The number of nitrogens with one attached hydrogen (secondary N) is 1. The van der Waals surface area contributed by atoms with Crippen molar-refractivity contribution in [2.45, 2.75) is 13.0 Å². The molecule has 3 N–H and O–H groups in total. The van der Waals surface area contributed by atoms with E-state index in [9.17, 15) is 10.1 Å². The Morgan fingerprint density at radius 3 is 3.00 bits per heavy atom. The Kier molecular flexibility index (Phi) is 2.86. The lowest BCUT2D eigenvalue weighted by Gasteiger charge is -2.29. The van der Waals surface area contributed by atoms with E-state index in [0.29, 0.717) is 23.5 Å². The summed E-state index contributed by atoms with van der Waals surface area (Å²) in [6.07, 6.45) is 2.24. The van der Waals surface area contributed by atoms with Gasteiger partial charge in [0.25, 0.3) is 5.69 Å². The first-order valence-electron chi connectivity index (χ1n) is 7.09. The molecule has 0 atom stereocenters. The Bertz CT molecular complexity index is 921. The van der Waals surface area contributed by atoms with Crippen molar-refractivity contribution in [3.05, 3.63) is 45.8 Å². The van der Waals surface area contributed by atoms with Crippen LogP contribution in [0.15, 0.2) is 24.5 Å². The monoisotopic (exact) mass is 311 g/mol. The number of imidazole rings is 1. The first kappa shape index (κ1) is 13.4. The van der Waals surface area contributed by atoms with Gasteiger partial charge in [0.2, 0.25) is 0 Å². The van der Waals surface area contributed by atoms with Crippen LogP contribution in [0.5, 0.6) is 0 Å². The quantitative estimate of drug-likeness (QED) is 0.541. The number of nitro benzene ring substituents is 1. The van der Waals surface area contributed by atoms with E-state index in [1.165, 1.54) is 6.33 Å². The molecule has 9 heteroatoms. The van der Waals surface area contributed by atoms with Crippen molar-refractivity contribution in [2.24, 2.45) is 0 Å². The number of H-pyrrole nitrogens is 1. The fourth-order valence-corrected chi connectivity index (χ4v) is 2.91. The number of rotatable bonds is 2. The number of nitrogens with zero attached hydrogens (tertiary/aromatic N) is 5. The van der Waals surface area contributed by atoms with Crippen LogP contribution in [0.2, 0.25) is 0 Å². The highest BCUT2D eigenvalue weighted by Crippen LogP contribution is 2.29. The number of anilines is 2. The minimum absolute atomic E-state index is 0.101. The number of nitrogens with two attached hydrogens (primary N) is 1. The summed E-state index contributed by atoms with van der Waals surface area (Å²) < 4.78 is 0. The van der Waals surface area contributed by atoms with Gasteiger partial charge in [0.1, 0.15) is 11.8 Å². The van der Waals surface area contributed by atoms with Crippen LogP contribution in [0.25, 0.3) is 11.2 Å². The van der Waals surface area contributed by atoms with Gasteiger partial charge >= 0.3 is 0 Å². The van der Waals surface area contributed by atoms with Crippen LogP contribution < -0.4 is 10.6 Å². The van der Waals surface area contributed by atoms with Gasteiger partial charge in [-0.05, 0) is 17.5 Å². The second-order valence-electron chi connectivity index (χ2n) is 5.40. The van der Waals surface area contributed by atoms with Gasteiger partial charge in [-0.1, -0.05) is 6.07 Å². The largest absolute Gasteiger partial charge is 0.369 e. The molecule has 9 nitrogen and oxygen atoms in total. The maximum Gasteiger partial charge on any atom is 0.269 e. The van der Waals surface area contributed by atoms with Crippen molar-refractivity contribution in [3.63, 3.8) is 0 Å². The zero-order chi connectivity index (χ0) is 16.0. The van der Waals surface area contributed by atoms with Gasteiger partial charge in [-0.2, -0.15) is 4.98 Å². The number of hydrogen-bond acceptors (Lipinski definition) is 7. The standard InChI is InChI=1S/C14H13N7O2/c15-14-18-11-12(19-14)16-7-17-13(11)20-4-3-8-1-2-10(21(22)23)5-9(8)6-20/h1-2,5,7H,3-4,6H2,(H3,15,16,17,18,19). The van der Waals surface area contributed by atoms with Crippen molar-refractivity contribution in [1.29, 1.82) is 0 Å². The van der Waals surface area contributed by atoms with E-state index in [2.05, 4.69) is 19.9 Å². The van der Waals surface area contributed by atoms with E-state index in [1.54, 1.807) is 12.1 Å². The van der Waals surface area contributed by atoms with Gasteiger partial charge in [0.05, 0.1) is 4.92 Å². The van der Waals surface area contributed by atoms with E-state index < -0.39 is 0 Å². The van der Waals surface area contributed by atoms with E-state index >= 15 is 0 Å². The topological polar surface area (TPSA) is 127 Å². The smallest absolute Gasteiger partial charge is 0.269 e. The van der Waals surface area contributed by atoms with Crippen LogP contribution >= 0.6 is 0 Å². The molecule has 0 unspecified atom stereocenters. The molecule has 4 rings (SSSR count). The van der Waals surface area contributed by atoms with E-state index in [0.717, 1.165) is 24.1 Å². The van der Waals surface area contributed by atoms with Crippen LogP contribution in [0, 0.1) is 10.1 Å². The average molecular weight is 311 g/mol. The highest BCUT2D eigenvalue weighted by atomic mass is 16.6. The Labute approximate surface area is 130 Å². The summed E-state index contributed by atoms with van der Waals surface area (Å²) in [5, 5.41) is 11.0. The van der Waals surface area contributed by atoms with Gasteiger partial charge < -0.3 is 15.6 Å². The van der Waals surface area contributed by atoms with Gasteiger partial charge in [-0.3, -0.25) is 10.1 Å². The molecule has 0 saturated carbocycles. The summed E-state index contributed by atoms with van der Waals surface area (Å²) in [7, 11) is 0. The van der Waals surface area contributed by atoms with Gasteiger partial charge in [0.15, 0.2) is 17.4 Å². The molecule has 0 aliphatic carbocycles. The van der Waals surface area contributed by atoms with E-state index in [1.807, 2.05) is 11.0 Å². The first-order chi connectivity index (χ1) is 11.1. The van der Waals surface area contributed by atoms with Crippen LogP contribution in [-0.2, 0) is 13.0 Å². The fraction of sp³-hybridized carbons (Fsp3) is 0.214. The molecule has 0 bridgehead atoms. The SMILES string of the molecule is Nc1nc2ncnc(N3CCc4ccc([N+](=O)[O-])cc4C3)c2[nH]1. The van der Waals surface area contributed by atoms with Crippen LogP contribution in [0.3, 0.4) is 0 Å². The number of fused-ring (bicyclic) bond motifs is 2. The second-order valence-corrected chi connectivity index (χ2v) is 5.40. The van der Waals surface area contributed by atoms with Crippen molar-refractivity contribution in [3.8, 4) is 0 Å². The Morgan fingerprint density at radius 2 is 2.17 bits per heavy atom. The third-order valence-electron chi connectivity index (χ3n) is 4.00. The van der Waals surface area contributed by atoms with E-state index in [-0.39, 0.29) is 16.6 Å².